The fourth-order valence-corrected chi connectivity index (χ4v) is 3.14. The normalized spacial score (nSPS) is 23.4. The van der Waals surface area contributed by atoms with Gasteiger partial charge in [-0.25, -0.2) is 4.79 Å². The van der Waals surface area contributed by atoms with Crippen LogP contribution >= 0.6 is 0 Å². The van der Waals surface area contributed by atoms with Gasteiger partial charge in [-0.15, -0.1) is 0 Å². The Morgan fingerprint density at radius 2 is 2.23 bits per heavy atom. The summed E-state index contributed by atoms with van der Waals surface area (Å²) in [7, 11) is 0. The molecule has 2 saturated heterocycles. The van der Waals surface area contributed by atoms with Gasteiger partial charge >= 0.3 is 5.97 Å². The summed E-state index contributed by atoms with van der Waals surface area (Å²) < 4.78 is 11.0. The Hall–Kier alpha value is -2.08. The van der Waals surface area contributed by atoms with Crippen molar-refractivity contribution in [1.29, 1.82) is 0 Å². The minimum absolute atomic E-state index is 0.0660. The van der Waals surface area contributed by atoms with Crippen molar-refractivity contribution in [3.8, 4) is 5.75 Å². The van der Waals surface area contributed by atoms with Crippen molar-refractivity contribution in [1.82, 2.24) is 4.90 Å². The van der Waals surface area contributed by atoms with Crippen molar-refractivity contribution in [3.63, 3.8) is 0 Å². The molecule has 2 atom stereocenters. The van der Waals surface area contributed by atoms with E-state index in [4.69, 9.17) is 14.6 Å². The van der Waals surface area contributed by atoms with Crippen LogP contribution in [0.25, 0.3) is 0 Å². The number of hydrogen-bond donors (Lipinski definition) is 1. The minimum Gasteiger partial charge on any atom is -0.493 e. The molecule has 1 amide bonds. The standard InChI is InChI=1S/C16H19NO5/c1-2-21-13-8-10(6-7-12(13)16(19)20)15(18)17-11-4-3-5-14(17)22-9-11/h6-8,11,14H,2-5,9H2,1H3,(H,19,20). The van der Waals surface area contributed by atoms with Crippen molar-refractivity contribution < 1.29 is 24.2 Å². The number of carboxylic acids is 1. The van der Waals surface area contributed by atoms with Crippen LogP contribution in [0.15, 0.2) is 18.2 Å². The molecule has 0 aromatic heterocycles. The molecule has 2 aliphatic heterocycles. The van der Waals surface area contributed by atoms with Gasteiger partial charge in [0.25, 0.3) is 5.91 Å². The Morgan fingerprint density at radius 3 is 2.91 bits per heavy atom. The zero-order valence-electron chi connectivity index (χ0n) is 12.4. The van der Waals surface area contributed by atoms with E-state index >= 15 is 0 Å². The third-order valence-corrected chi connectivity index (χ3v) is 4.17. The van der Waals surface area contributed by atoms with Crippen molar-refractivity contribution in [2.75, 3.05) is 13.2 Å². The molecular weight excluding hydrogens is 286 g/mol. The van der Waals surface area contributed by atoms with Crippen LogP contribution in [0.5, 0.6) is 5.75 Å². The van der Waals surface area contributed by atoms with Crippen LogP contribution in [0.4, 0.5) is 0 Å². The maximum Gasteiger partial charge on any atom is 0.339 e. The number of rotatable bonds is 4. The van der Waals surface area contributed by atoms with E-state index in [0.717, 1.165) is 19.3 Å². The Morgan fingerprint density at radius 1 is 1.41 bits per heavy atom. The van der Waals surface area contributed by atoms with Gasteiger partial charge in [0, 0.05) is 5.56 Å². The number of aromatic carboxylic acids is 1. The second kappa shape index (κ2) is 5.96. The predicted molar refractivity (Wildman–Crippen MR) is 78.1 cm³/mol. The van der Waals surface area contributed by atoms with Crippen molar-refractivity contribution in [3.05, 3.63) is 29.3 Å². The maximum absolute atomic E-state index is 12.7. The first-order chi connectivity index (χ1) is 10.6. The number of carboxylic acid groups (broad SMARTS) is 1. The number of hydrogen-bond acceptors (Lipinski definition) is 4. The fourth-order valence-electron chi connectivity index (χ4n) is 3.14. The zero-order valence-corrected chi connectivity index (χ0v) is 12.4. The Balaban J connectivity index is 1.89. The topological polar surface area (TPSA) is 76.1 Å². The van der Waals surface area contributed by atoms with Crippen LogP contribution in [0, 0.1) is 0 Å². The second-order valence-electron chi connectivity index (χ2n) is 5.53. The highest BCUT2D eigenvalue weighted by atomic mass is 16.5. The molecule has 1 aromatic rings. The summed E-state index contributed by atoms with van der Waals surface area (Å²) in [5.41, 5.74) is 0.507. The summed E-state index contributed by atoms with van der Waals surface area (Å²) in [6.45, 7) is 2.71. The highest BCUT2D eigenvalue weighted by molar-refractivity contribution is 5.98. The van der Waals surface area contributed by atoms with Gasteiger partial charge in [-0.05, 0) is 44.4 Å². The molecule has 2 heterocycles. The molecule has 1 aromatic carbocycles. The minimum atomic E-state index is -1.07. The Kier molecular flexibility index (Phi) is 4.02. The molecule has 2 bridgehead atoms. The molecule has 2 aliphatic rings. The Bertz CT molecular complexity index is 584. The summed E-state index contributed by atoms with van der Waals surface area (Å²) in [6.07, 6.45) is 2.73. The van der Waals surface area contributed by atoms with Gasteiger partial charge in [0.15, 0.2) is 0 Å². The monoisotopic (exact) mass is 305 g/mol. The average molecular weight is 305 g/mol. The van der Waals surface area contributed by atoms with Gasteiger partial charge in [-0.1, -0.05) is 0 Å². The van der Waals surface area contributed by atoms with Gasteiger partial charge in [0.1, 0.15) is 17.5 Å². The molecule has 2 unspecified atom stereocenters. The second-order valence-corrected chi connectivity index (χ2v) is 5.53. The van der Waals surface area contributed by atoms with Gasteiger partial charge in [0.2, 0.25) is 0 Å². The number of benzene rings is 1. The number of amides is 1. The molecule has 0 radical (unpaired) electrons. The number of fused-ring (bicyclic) bond motifs is 2. The third kappa shape index (κ3) is 2.54. The number of nitrogens with zero attached hydrogens (tertiary/aromatic N) is 1. The molecular formula is C16H19NO5. The Labute approximate surface area is 128 Å². The number of piperidine rings is 1. The van der Waals surface area contributed by atoms with Crippen molar-refractivity contribution in [2.24, 2.45) is 0 Å². The van der Waals surface area contributed by atoms with Crippen LogP contribution in [0.1, 0.15) is 46.9 Å². The lowest BCUT2D eigenvalue weighted by atomic mass is 10.0. The lowest BCUT2D eigenvalue weighted by Gasteiger charge is -2.32. The van der Waals surface area contributed by atoms with E-state index in [2.05, 4.69) is 0 Å². The van der Waals surface area contributed by atoms with Crippen molar-refractivity contribution in [2.45, 2.75) is 38.5 Å². The smallest absolute Gasteiger partial charge is 0.339 e. The molecule has 0 aliphatic carbocycles. The third-order valence-electron chi connectivity index (χ3n) is 4.17. The molecule has 6 heteroatoms. The molecule has 118 valence electrons. The first-order valence-corrected chi connectivity index (χ1v) is 7.56. The highest BCUT2D eigenvalue weighted by Crippen LogP contribution is 2.32. The summed E-state index contributed by atoms with van der Waals surface area (Å²) in [4.78, 5) is 25.7. The van der Waals surface area contributed by atoms with Gasteiger partial charge in [-0.3, -0.25) is 4.79 Å². The van der Waals surface area contributed by atoms with Gasteiger partial charge in [-0.2, -0.15) is 0 Å². The van der Waals surface area contributed by atoms with E-state index in [1.54, 1.807) is 17.9 Å². The molecule has 0 spiro atoms. The summed E-state index contributed by atoms with van der Waals surface area (Å²) >= 11 is 0. The molecule has 0 saturated carbocycles. The van der Waals surface area contributed by atoms with Crippen LogP contribution in [0.3, 0.4) is 0 Å². The lowest BCUT2D eigenvalue weighted by Crippen LogP contribution is -2.44. The molecule has 2 fully saturated rings. The van der Waals surface area contributed by atoms with E-state index in [0.29, 0.717) is 18.8 Å². The zero-order chi connectivity index (χ0) is 15.7. The fraction of sp³-hybridized carbons (Fsp3) is 0.500. The quantitative estimate of drug-likeness (QED) is 0.922. The van der Waals surface area contributed by atoms with Crippen LogP contribution in [-0.4, -0.2) is 47.4 Å². The molecule has 1 N–H and O–H groups in total. The molecule has 22 heavy (non-hydrogen) atoms. The van der Waals surface area contributed by atoms with E-state index < -0.39 is 5.97 Å². The first kappa shape index (κ1) is 14.8. The maximum atomic E-state index is 12.7. The van der Waals surface area contributed by atoms with E-state index in [1.165, 1.54) is 12.1 Å². The number of carbonyl (C=O) groups is 2. The van der Waals surface area contributed by atoms with Crippen LogP contribution in [-0.2, 0) is 4.74 Å². The highest BCUT2D eigenvalue weighted by Gasteiger charge is 2.41. The average Bonchev–Trinajstić information content (AvgIpc) is 2.75. The summed E-state index contributed by atoms with van der Waals surface area (Å²) in [6, 6.07) is 4.61. The van der Waals surface area contributed by atoms with E-state index in [1.807, 2.05) is 0 Å². The molecule has 6 nitrogen and oxygen atoms in total. The first-order valence-electron chi connectivity index (χ1n) is 7.56. The van der Waals surface area contributed by atoms with Crippen LogP contribution < -0.4 is 4.74 Å². The lowest BCUT2D eigenvalue weighted by molar-refractivity contribution is 0.0123. The van der Waals surface area contributed by atoms with Crippen molar-refractivity contribution >= 4 is 11.9 Å². The van der Waals surface area contributed by atoms with Crippen LogP contribution in [0.2, 0.25) is 0 Å². The summed E-state index contributed by atoms with van der Waals surface area (Å²) in [5.74, 6) is -0.958. The van der Waals surface area contributed by atoms with Gasteiger partial charge < -0.3 is 19.5 Å². The number of carbonyl (C=O) groups excluding carboxylic acids is 1. The molecule has 3 rings (SSSR count). The van der Waals surface area contributed by atoms with Gasteiger partial charge in [0.05, 0.1) is 19.3 Å². The van der Waals surface area contributed by atoms with E-state index in [9.17, 15) is 9.59 Å². The van der Waals surface area contributed by atoms with E-state index in [-0.39, 0.29) is 29.5 Å². The number of ether oxygens (including phenoxy) is 2. The predicted octanol–water partition coefficient (Wildman–Crippen LogP) is 2.13. The summed E-state index contributed by atoms with van der Waals surface area (Å²) in [5, 5.41) is 9.17. The largest absolute Gasteiger partial charge is 0.493 e. The SMILES string of the molecule is CCOc1cc(C(=O)N2C3CCCC2OC3)ccc1C(=O)O.